The van der Waals surface area contributed by atoms with E-state index in [-0.39, 0.29) is 0 Å². The highest BCUT2D eigenvalue weighted by Gasteiger charge is 2.20. The Balaban J connectivity index is 2.99. The van der Waals surface area contributed by atoms with Crippen molar-refractivity contribution >= 4 is 16.9 Å². The number of aryl methyl sites for hydroxylation is 4. The molecule has 0 aliphatic heterocycles. The molecule has 0 aliphatic carbocycles. The van der Waals surface area contributed by atoms with Gasteiger partial charge in [-0.05, 0) is 43.0 Å². The Morgan fingerprint density at radius 3 is 2.53 bits per heavy atom. The van der Waals surface area contributed by atoms with Crippen LogP contribution in [-0.4, -0.2) is 15.6 Å². The van der Waals surface area contributed by atoms with Crippen LogP contribution < -0.4 is 0 Å². The van der Waals surface area contributed by atoms with Crippen LogP contribution in [0.1, 0.15) is 34.1 Å². The van der Waals surface area contributed by atoms with Crippen molar-refractivity contribution in [3.05, 3.63) is 34.5 Å². The summed E-state index contributed by atoms with van der Waals surface area (Å²) in [7, 11) is 1.82. The minimum Gasteiger partial charge on any atom is -0.477 e. The first-order valence-corrected chi connectivity index (χ1v) is 5.79. The standard InChI is InChI=1S/C14H17NO2/c1-5-10-12-9(3)6-8(2)7-11(12)15(4)13(10)14(16)17/h6-7H,5H2,1-4H3,(H,16,17). The van der Waals surface area contributed by atoms with Gasteiger partial charge in [0.15, 0.2) is 0 Å². The van der Waals surface area contributed by atoms with Gasteiger partial charge in [-0.25, -0.2) is 4.79 Å². The van der Waals surface area contributed by atoms with E-state index >= 15 is 0 Å². The molecule has 1 N–H and O–H groups in total. The second-order valence-electron chi connectivity index (χ2n) is 4.52. The quantitative estimate of drug-likeness (QED) is 0.863. The molecule has 1 aromatic carbocycles. The highest BCUT2D eigenvalue weighted by atomic mass is 16.4. The van der Waals surface area contributed by atoms with Crippen molar-refractivity contribution in [3.63, 3.8) is 0 Å². The molecule has 17 heavy (non-hydrogen) atoms. The first-order valence-electron chi connectivity index (χ1n) is 5.79. The number of carbonyl (C=O) groups is 1. The van der Waals surface area contributed by atoms with Crippen molar-refractivity contribution in [1.82, 2.24) is 4.57 Å². The van der Waals surface area contributed by atoms with E-state index in [1.165, 1.54) is 0 Å². The van der Waals surface area contributed by atoms with Crippen LogP contribution in [0, 0.1) is 13.8 Å². The molecule has 3 nitrogen and oxygen atoms in total. The Morgan fingerprint density at radius 2 is 2.00 bits per heavy atom. The monoisotopic (exact) mass is 231 g/mol. The summed E-state index contributed by atoms with van der Waals surface area (Å²) < 4.78 is 1.79. The largest absolute Gasteiger partial charge is 0.477 e. The topological polar surface area (TPSA) is 42.2 Å². The third-order valence-electron chi connectivity index (χ3n) is 3.30. The van der Waals surface area contributed by atoms with E-state index in [9.17, 15) is 9.90 Å². The lowest BCUT2D eigenvalue weighted by atomic mass is 10.0. The van der Waals surface area contributed by atoms with E-state index in [1.807, 2.05) is 33.9 Å². The third kappa shape index (κ3) is 1.62. The van der Waals surface area contributed by atoms with Gasteiger partial charge in [0.1, 0.15) is 5.69 Å². The predicted octanol–water partition coefficient (Wildman–Crippen LogP) is 3.06. The maximum absolute atomic E-state index is 11.3. The smallest absolute Gasteiger partial charge is 0.352 e. The van der Waals surface area contributed by atoms with Crippen LogP contribution in [0.15, 0.2) is 12.1 Å². The molecular weight excluding hydrogens is 214 g/mol. The van der Waals surface area contributed by atoms with Gasteiger partial charge in [-0.15, -0.1) is 0 Å². The lowest BCUT2D eigenvalue weighted by Gasteiger charge is -2.02. The van der Waals surface area contributed by atoms with Gasteiger partial charge >= 0.3 is 5.97 Å². The van der Waals surface area contributed by atoms with E-state index in [0.717, 1.165) is 34.0 Å². The molecule has 0 saturated carbocycles. The lowest BCUT2D eigenvalue weighted by Crippen LogP contribution is -2.06. The van der Waals surface area contributed by atoms with E-state index in [4.69, 9.17) is 0 Å². The summed E-state index contributed by atoms with van der Waals surface area (Å²) in [6, 6.07) is 4.15. The normalized spacial score (nSPS) is 11.1. The molecule has 90 valence electrons. The summed E-state index contributed by atoms with van der Waals surface area (Å²) >= 11 is 0. The molecule has 2 aromatic rings. The second-order valence-corrected chi connectivity index (χ2v) is 4.52. The second kappa shape index (κ2) is 3.91. The number of nitrogens with zero attached hydrogens (tertiary/aromatic N) is 1. The highest BCUT2D eigenvalue weighted by Crippen LogP contribution is 2.29. The van der Waals surface area contributed by atoms with Crippen LogP contribution >= 0.6 is 0 Å². The number of hydrogen-bond donors (Lipinski definition) is 1. The lowest BCUT2D eigenvalue weighted by molar-refractivity contribution is 0.0686. The van der Waals surface area contributed by atoms with Crippen LogP contribution in [0.4, 0.5) is 0 Å². The maximum atomic E-state index is 11.3. The number of carboxylic acids is 1. The number of aromatic nitrogens is 1. The summed E-state index contributed by atoms with van der Waals surface area (Å²) in [5, 5.41) is 10.4. The number of benzene rings is 1. The van der Waals surface area contributed by atoms with Crippen molar-refractivity contribution in [2.45, 2.75) is 27.2 Å². The van der Waals surface area contributed by atoms with Crippen molar-refractivity contribution in [2.75, 3.05) is 0 Å². The minimum atomic E-state index is -0.849. The van der Waals surface area contributed by atoms with Gasteiger partial charge < -0.3 is 9.67 Å². The maximum Gasteiger partial charge on any atom is 0.352 e. The first-order chi connectivity index (χ1) is 7.97. The molecule has 2 rings (SSSR count). The van der Waals surface area contributed by atoms with Gasteiger partial charge in [-0.2, -0.15) is 0 Å². The fourth-order valence-electron chi connectivity index (χ4n) is 2.66. The average molecular weight is 231 g/mol. The van der Waals surface area contributed by atoms with E-state index < -0.39 is 5.97 Å². The molecule has 0 bridgehead atoms. The third-order valence-corrected chi connectivity index (χ3v) is 3.30. The summed E-state index contributed by atoms with van der Waals surface area (Å²) in [6.07, 6.45) is 0.739. The number of carboxylic acid groups (broad SMARTS) is 1. The average Bonchev–Trinajstić information content (AvgIpc) is 2.52. The van der Waals surface area contributed by atoms with Crippen LogP contribution in [0.3, 0.4) is 0 Å². The zero-order valence-corrected chi connectivity index (χ0v) is 10.7. The number of rotatable bonds is 2. The van der Waals surface area contributed by atoms with Gasteiger partial charge in [0, 0.05) is 18.0 Å². The Kier molecular flexibility index (Phi) is 2.69. The van der Waals surface area contributed by atoms with Gasteiger partial charge in [-0.3, -0.25) is 0 Å². The van der Waals surface area contributed by atoms with Crippen LogP contribution in [0.25, 0.3) is 10.9 Å². The van der Waals surface area contributed by atoms with Crippen molar-refractivity contribution in [3.8, 4) is 0 Å². The van der Waals surface area contributed by atoms with Crippen molar-refractivity contribution in [2.24, 2.45) is 7.05 Å². The number of hydrogen-bond acceptors (Lipinski definition) is 1. The van der Waals surface area contributed by atoms with Crippen molar-refractivity contribution in [1.29, 1.82) is 0 Å². The molecule has 0 saturated heterocycles. The molecule has 0 spiro atoms. The van der Waals surface area contributed by atoms with Crippen molar-refractivity contribution < 1.29 is 9.90 Å². The Hall–Kier alpha value is -1.77. The van der Waals surface area contributed by atoms with E-state index in [0.29, 0.717) is 5.69 Å². The summed E-state index contributed by atoms with van der Waals surface area (Å²) in [5.41, 5.74) is 4.68. The summed E-state index contributed by atoms with van der Waals surface area (Å²) in [6.45, 7) is 6.08. The van der Waals surface area contributed by atoms with Gasteiger partial charge in [-0.1, -0.05) is 13.0 Å². The van der Waals surface area contributed by atoms with Crippen LogP contribution in [0.5, 0.6) is 0 Å². The Labute approximate surface area is 101 Å². The number of fused-ring (bicyclic) bond motifs is 1. The molecule has 0 radical (unpaired) electrons. The Bertz CT molecular complexity index is 608. The fourth-order valence-corrected chi connectivity index (χ4v) is 2.66. The fraction of sp³-hybridized carbons (Fsp3) is 0.357. The molecule has 3 heteroatoms. The molecule has 1 aromatic heterocycles. The van der Waals surface area contributed by atoms with Gasteiger partial charge in [0.25, 0.3) is 0 Å². The SMILES string of the molecule is CCc1c(C(=O)O)n(C)c2cc(C)cc(C)c12. The van der Waals surface area contributed by atoms with Gasteiger partial charge in [0.05, 0.1) is 0 Å². The highest BCUT2D eigenvalue weighted by molar-refractivity contribution is 5.99. The molecule has 0 fully saturated rings. The number of aromatic carboxylic acids is 1. The molecule has 0 amide bonds. The molecule has 0 unspecified atom stereocenters. The van der Waals surface area contributed by atoms with Crippen LogP contribution in [-0.2, 0) is 13.5 Å². The molecule has 1 heterocycles. The zero-order chi connectivity index (χ0) is 12.7. The summed E-state index contributed by atoms with van der Waals surface area (Å²) in [4.78, 5) is 11.3. The van der Waals surface area contributed by atoms with Gasteiger partial charge in [0.2, 0.25) is 0 Å². The molecule has 0 atom stereocenters. The first kappa shape index (κ1) is 11.7. The summed E-state index contributed by atoms with van der Waals surface area (Å²) in [5.74, 6) is -0.849. The van der Waals surface area contributed by atoms with E-state index in [2.05, 4.69) is 6.07 Å². The van der Waals surface area contributed by atoms with E-state index in [1.54, 1.807) is 4.57 Å². The van der Waals surface area contributed by atoms with Crippen LogP contribution in [0.2, 0.25) is 0 Å². The molecular formula is C14H17NO2. The zero-order valence-electron chi connectivity index (χ0n) is 10.7. The Morgan fingerprint density at radius 1 is 1.35 bits per heavy atom. The minimum absolute atomic E-state index is 0.413. The molecule has 0 aliphatic rings. The predicted molar refractivity (Wildman–Crippen MR) is 68.7 cm³/mol.